The van der Waals surface area contributed by atoms with E-state index in [-0.39, 0.29) is 5.41 Å². The first-order valence-electron chi connectivity index (χ1n) is 14.2. The van der Waals surface area contributed by atoms with Crippen LogP contribution in [-0.2, 0) is 11.0 Å². The van der Waals surface area contributed by atoms with E-state index in [1.165, 1.54) is 11.1 Å². The minimum absolute atomic E-state index is 0.350. The largest absolute Gasteiger partial charge is 0.497 e. The Morgan fingerprint density at radius 3 is 1.88 bits per heavy atom. The molecule has 1 heterocycles. The molecule has 212 valence electrons. The molecule has 1 aliphatic carbocycles. The van der Waals surface area contributed by atoms with E-state index in [2.05, 4.69) is 73.3 Å². The van der Waals surface area contributed by atoms with Gasteiger partial charge in [0.15, 0.2) is 11.3 Å². The summed E-state index contributed by atoms with van der Waals surface area (Å²) >= 11 is 0. The topological polar surface area (TPSA) is 41.3 Å². The Bertz CT molecular complexity index is 1930. The van der Waals surface area contributed by atoms with E-state index in [1.807, 2.05) is 42.5 Å². The van der Waals surface area contributed by atoms with E-state index in [4.69, 9.17) is 25.5 Å². The fourth-order valence-electron chi connectivity index (χ4n) is 6.80. The van der Waals surface area contributed by atoms with Crippen LogP contribution in [0.5, 0.6) is 23.0 Å². The first kappa shape index (κ1) is 26.7. The van der Waals surface area contributed by atoms with Crippen LogP contribution in [-0.4, -0.2) is 21.3 Å². The van der Waals surface area contributed by atoms with Gasteiger partial charge in [-0.05, 0) is 76.2 Å². The normalized spacial score (nSPS) is 15.1. The van der Waals surface area contributed by atoms with E-state index in [0.29, 0.717) is 5.69 Å². The molecule has 0 N–H and O–H groups in total. The highest BCUT2D eigenvalue weighted by molar-refractivity contribution is 6.09. The van der Waals surface area contributed by atoms with Crippen molar-refractivity contribution < 1.29 is 18.9 Å². The molecule has 2 aliphatic rings. The van der Waals surface area contributed by atoms with Gasteiger partial charge in [-0.1, -0.05) is 62.4 Å². The number of nitrogens with zero attached hydrogens (tertiary/aromatic N) is 1. The molecule has 0 atom stereocenters. The highest BCUT2D eigenvalue weighted by Gasteiger charge is 2.44. The summed E-state index contributed by atoms with van der Waals surface area (Å²) in [6.45, 7) is 12.1. The molecule has 5 aromatic carbocycles. The highest BCUT2D eigenvalue weighted by atomic mass is 16.5. The van der Waals surface area contributed by atoms with Gasteiger partial charge in [0.05, 0.1) is 27.9 Å². The van der Waals surface area contributed by atoms with Crippen LogP contribution in [0.1, 0.15) is 41.7 Å². The van der Waals surface area contributed by atoms with Crippen LogP contribution in [0.15, 0.2) is 91.0 Å². The number of ether oxygens (including phenoxy) is 4. The van der Waals surface area contributed by atoms with Crippen LogP contribution in [0.4, 0.5) is 5.69 Å². The molecule has 5 nitrogen and oxygen atoms in total. The zero-order chi connectivity index (χ0) is 29.9. The van der Waals surface area contributed by atoms with Gasteiger partial charge in [-0.15, -0.1) is 0 Å². The lowest BCUT2D eigenvalue weighted by Gasteiger charge is -2.38. The Labute approximate surface area is 251 Å². The SMILES string of the molecule is [C-]#[N+]c1ccc2c(c1)C(C)(C)c1c3c(c4cc(OC)ccc4c1-2)OC(c1ccc(OC)cc1)(c1ccc(OC)cc1)C=C3. The molecule has 43 heavy (non-hydrogen) atoms. The van der Waals surface area contributed by atoms with Gasteiger partial charge in [-0.2, -0.15) is 0 Å². The van der Waals surface area contributed by atoms with Crippen molar-refractivity contribution in [1.82, 2.24) is 0 Å². The van der Waals surface area contributed by atoms with Gasteiger partial charge >= 0.3 is 0 Å². The monoisotopic (exact) mass is 565 g/mol. The summed E-state index contributed by atoms with van der Waals surface area (Å²) < 4.78 is 24.0. The fraction of sp³-hybridized carbons (Fsp3) is 0.184. The summed E-state index contributed by atoms with van der Waals surface area (Å²) in [5.74, 6) is 3.11. The number of fused-ring (bicyclic) bond motifs is 8. The fourth-order valence-corrected chi connectivity index (χ4v) is 6.80. The molecule has 0 unspecified atom stereocenters. The van der Waals surface area contributed by atoms with Crippen molar-refractivity contribution in [3.63, 3.8) is 0 Å². The minimum atomic E-state index is -0.914. The van der Waals surface area contributed by atoms with Crippen LogP contribution < -0.4 is 18.9 Å². The molecule has 0 amide bonds. The lowest BCUT2D eigenvalue weighted by Crippen LogP contribution is -2.35. The summed E-state index contributed by atoms with van der Waals surface area (Å²) in [6.07, 6.45) is 4.38. The molecule has 0 spiro atoms. The third kappa shape index (κ3) is 3.83. The summed E-state index contributed by atoms with van der Waals surface area (Å²) in [7, 11) is 5.02. The quantitative estimate of drug-likeness (QED) is 0.199. The Hall–Kier alpha value is -5.21. The zero-order valence-corrected chi connectivity index (χ0v) is 24.8. The lowest BCUT2D eigenvalue weighted by atomic mass is 9.76. The predicted octanol–water partition coefficient (Wildman–Crippen LogP) is 9.07. The lowest BCUT2D eigenvalue weighted by molar-refractivity contribution is 0.163. The second kappa shape index (κ2) is 9.68. The van der Waals surface area contributed by atoms with Crippen LogP contribution in [0, 0.1) is 6.57 Å². The molecule has 5 heteroatoms. The summed E-state index contributed by atoms with van der Waals surface area (Å²) in [4.78, 5) is 3.74. The molecule has 1 aliphatic heterocycles. The van der Waals surface area contributed by atoms with Gasteiger partial charge in [0, 0.05) is 27.5 Å². The van der Waals surface area contributed by atoms with Gasteiger partial charge in [-0.3, -0.25) is 0 Å². The van der Waals surface area contributed by atoms with Gasteiger partial charge < -0.3 is 18.9 Å². The van der Waals surface area contributed by atoms with Crippen LogP contribution >= 0.6 is 0 Å². The smallest absolute Gasteiger partial charge is 0.187 e. The average Bonchev–Trinajstić information content (AvgIpc) is 3.30. The number of benzene rings is 5. The molecule has 7 rings (SSSR count). The van der Waals surface area contributed by atoms with Crippen LogP contribution in [0.3, 0.4) is 0 Å². The van der Waals surface area contributed by atoms with Gasteiger partial charge in [0.25, 0.3) is 0 Å². The standard InChI is InChI=1S/C38H31NO4/c1-37(2)33-21-25(39-3)11-17-30(33)34-29-18-16-28(42-6)22-32(29)36-31(35(34)37)19-20-38(43-36,23-7-12-26(40-4)13-8-23)24-9-14-27(41-5)15-10-24/h7-22H,1-2,4-6H3. The molecule has 0 bridgehead atoms. The Balaban J connectivity index is 1.54. The maximum Gasteiger partial charge on any atom is 0.187 e. The first-order chi connectivity index (χ1) is 20.8. The van der Waals surface area contributed by atoms with E-state index >= 15 is 0 Å². The van der Waals surface area contributed by atoms with Gasteiger partial charge in [0.1, 0.15) is 23.0 Å². The second-order valence-corrected chi connectivity index (χ2v) is 11.5. The van der Waals surface area contributed by atoms with Crippen molar-refractivity contribution in [3.8, 4) is 34.1 Å². The summed E-state index contributed by atoms with van der Waals surface area (Å²) in [6, 6.07) is 28.3. The van der Waals surface area contributed by atoms with Gasteiger partial charge in [0.2, 0.25) is 0 Å². The minimum Gasteiger partial charge on any atom is -0.497 e. The summed E-state index contributed by atoms with van der Waals surface area (Å²) in [5.41, 5.74) is 7.05. The molecule has 5 aromatic rings. The van der Waals surface area contributed by atoms with Crippen molar-refractivity contribution in [1.29, 1.82) is 0 Å². The number of hydrogen-bond donors (Lipinski definition) is 0. The molecule has 0 fully saturated rings. The maximum atomic E-state index is 7.65. The van der Waals surface area contributed by atoms with Crippen molar-refractivity contribution in [3.05, 3.63) is 130 Å². The maximum absolute atomic E-state index is 7.65. The molecular weight excluding hydrogens is 534 g/mol. The van der Waals surface area contributed by atoms with Crippen molar-refractivity contribution in [2.75, 3.05) is 21.3 Å². The van der Waals surface area contributed by atoms with E-state index in [1.54, 1.807) is 21.3 Å². The Kier molecular flexibility index (Phi) is 6.00. The molecule has 0 radical (unpaired) electrons. The predicted molar refractivity (Wildman–Crippen MR) is 171 cm³/mol. The molecular formula is C38H31NO4. The summed E-state index contributed by atoms with van der Waals surface area (Å²) in [5, 5.41) is 2.06. The molecule has 0 aromatic heterocycles. The van der Waals surface area contributed by atoms with Crippen LogP contribution in [0.25, 0.3) is 32.8 Å². The Morgan fingerprint density at radius 2 is 1.30 bits per heavy atom. The van der Waals surface area contributed by atoms with E-state index in [9.17, 15) is 0 Å². The van der Waals surface area contributed by atoms with Crippen LogP contribution in [0.2, 0.25) is 0 Å². The average molecular weight is 566 g/mol. The third-order valence-electron chi connectivity index (χ3n) is 8.99. The van der Waals surface area contributed by atoms with Crippen molar-refractivity contribution >= 4 is 22.5 Å². The third-order valence-corrected chi connectivity index (χ3v) is 8.99. The number of rotatable bonds is 5. The number of hydrogen-bond acceptors (Lipinski definition) is 4. The van der Waals surface area contributed by atoms with Crippen molar-refractivity contribution in [2.24, 2.45) is 0 Å². The molecule has 0 saturated carbocycles. The second-order valence-electron chi connectivity index (χ2n) is 11.5. The van der Waals surface area contributed by atoms with E-state index < -0.39 is 5.60 Å². The molecule has 0 saturated heterocycles. The van der Waals surface area contributed by atoms with E-state index in [0.717, 1.165) is 61.6 Å². The zero-order valence-electron chi connectivity index (χ0n) is 24.8. The number of methoxy groups -OCH3 is 3. The van der Waals surface area contributed by atoms with Crippen molar-refractivity contribution in [2.45, 2.75) is 24.9 Å². The van der Waals surface area contributed by atoms with Gasteiger partial charge in [-0.25, -0.2) is 4.85 Å². The highest BCUT2D eigenvalue weighted by Crippen LogP contribution is 2.58. The first-order valence-corrected chi connectivity index (χ1v) is 14.2. The Morgan fingerprint density at radius 1 is 0.698 bits per heavy atom.